The molecule has 0 bridgehead atoms. The molecule has 0 saturated carbocycles. The molecule has 0 unspecified atom stereocenters. The zero-order chi connectivity index (χ0) is 15.8. The van der Waals surface area contributed by atoms with Crippen molar-refractivity contribution in [3.05, 3.63) is 41.5 Å². The van der Waals surface area contributed by atoms with E-state index in [0.717, 1.165) is 5.56 Å². The van der Waals surface area contributed by atoms with Crippen LogP contribution in [0.15, 0.2) is 30.3 Å². The van der Waals surface area contributed by atoms with E-state index in [1.54, 1.807) is 24.3 Å². The van der Waals surface area contributed by atoms with Gasteiger partial charge in [-0.3, -0.25) is 4.79 Å². The lowest BCUT2D eigenvalue weighted by Gasteiger charge is -2.24. The maximum absolute atomic E-state index is 11.8. The maximum Gasteiger partial charge on any atom is 0.244 e. The van der Waals surface area contributed by atoms with E-state index in [9.17, 15) is 4.79 Å². The summed E-state index contributed by atoms with van der Waals surface area (Å²) in [5, 5.41) is 11.7. The number of hydrogen-bond acceptors (Lipinski definition) is 2. The van der Waals surface area contributed by atoms with Crippen LogP contribution in [0, 0.1) is 29.1 Å². The van der Waals surface area contributed by atoms with Crippen molar-refractivity contribution in [2.45, 2.75) is 27.7 Å². The fraction of sp³-hybridized carbons (Fsp3) is 0.444. The second-order valence-electron chi connectivity index (χ2n) is 5.96. The van der Waals surface area contributed by atoms with Crippen molar-refractivity contribution in [2.75, 3.05) is 6.54 Å². The van der Waals surface area contributed by atoms with Gasteiger partial charge in [0.1, 0.15) is 0 Å². The van der Waals surface area contributed by atoms with Gasteiger partial charge in [0.25, 0.3) is 0 Å². The zero-order valence-corrected chi connectivity index (χ0v) is 13.3. The molecule has 1 N–H and O–H groups in total. The molecule has 3 nitrogen and oxygen atoms in total. The number of amides is 1. The normalized spacial score (nSPS) is 11.3. The van der Waals surface area contributed by atoms with Crippen molar-refractivity contribution in [1.29, 1.82) is 5.26 Å². The molecular formula is C18H24N2O. The number of nitrogens with one attached hydrogen (secondary N) is 1. The first kappa shape index (κ1) is 17.0. The minimum atomic E-state index is -0.0781. The Labute approximate surface area is 127 Å². The quantitative estimate of drug-likeness (QED) is 0.811. The summed E-state index contributed by atoms with van der Waals surface area (Å²) in [6, 6.07) is 9.21. The Bertz CT molecular complexity index is 513. The van der Waals surface area contributed by atoms with Crippen LogP contribution in [0.3, 0.4) is 0 Å². The molecule has 1 rings (SSSR count). The third-order valence-corrected chi connectivity index (χ3v) is 3.69. The van der Waals surface area contributed by atoms with Gasteiger partial charge in [-0.2, -0.15) is 5.26 Å². The van der Waals surface area contributed by atoms with E-state index in [4.69, 9.17) is 5.26 Å². The largest absolute Gasteiger partial charge is 0.352 e. The Morgan fingerprint density at radius 3 is 2.24 bits per heavy atom. The molecule has 1 aromatic rings. The van der Waals surface area contributed by atoms with Crippen molar-refractivity contribution >= 4 is 12.0 Å². The van der Waals surface area contributed by atoms with Crippen LogP contribution in [0.5, 0.6) is 0 Å². The third kappa shape index (κ3) is 5.83. The van der Waals surface area contributed by atoms with Gasteiger partial charge in [-0.05, 0) is 41.5 Å². The molecule has 112 valence electrons. The van der Waals surface area contributed by atoms with E-state index >= 15 is 0 Å². The van der Waals surface area contributed by atoms with Crippen LogP contribution < -0.4 is 5.32 Å². The Morgan fingerprint density at radius 1 is 1.19 bits per heavy atom. The molecule has 0 saturated heterocycles. The summed E-state index contributed by atoms with van der Waals surface area (Å²) in [5.74, 6) is 1.50. The van der Waals surface area contributed by atoms with Gasteiger partial charge < -0.3 is 5.32 Å². The van der Waals surface area contributed by atoms with Crippen LogP contribution in [0.4, 0.5) is 0 Å². The third-order valence-electron chi connectivity index (χ3n) is 3.69. The first-order valence-corrected chi connectivity index (χ1v) is 7.40. The molecule has 0 radical (unpaired) electrons. The number of rotatable bonds is 6. The molecule has 1 aromatic carbocycles. The van der Waals surface area contributed by atoms with Gasteiger partial charge in [-0.25, -0.2) is 0 Å². The van der Waals surface area contributed by atoms with Crippen LogP contribution in [0.2, 0.25) is 0 Å². The summed E-state index contributed by atoms with van der Waals surface area (Å²) in [6.45, 7) is 9.44. The van der Waals surface area contributed by atoms with Crippen LogP contribution in [-0.2, 0) is 4.79 Å². The number of benzene rings is 1. The molecule has 0 aliphatic carbocycles. The van der Waals surface area contributed by atoms with Gasteiger partial charge in [0.2, 0.25) is 5.91 Å². The average molecular weight is 284 g/mol. The fourth-order valence-electron chi connectivity index (χ4n) is 2.36. The smallest absolute Gasteiger partial charge is 0.244 e. The number of nitriles is 1. The first-order valence-electron chi connectivity index (χ1n) is 7.40. The highest BCUT2D eigenvalue weighted by Gasteiger charge is 2.17. The summed E-state index contributed by atoms with van der Waals surface area (Å²) < 4.78 is 0. The Balaban J connectivity index is 2.52. The molecule has 3 heteroatoms. The maximum atomic E-state index is 11.8. The Hall–Kier alpha value is -2.08. The monoisotopic (exact) mass is 284 g/mol. The molecule has 21 heavy (non-hydrogen) atoms. The van der Waals surface area contributed by atoms with Crippen LogP contribution in [0.1, 0.15) is 38.8 Å². The van der Waals surface area contributed by atoms with E-state index in [2.05, 4.69) is 39.1 Å². The van der Waals surface area contributed by atoms with Gasteiger partial charge in [0.15, 0.2) is 0 Å². The summed E-state index contributed by atoms with van der Waals surface area (Å²) in [7, 11) is 0. The highest BCUT2D eigenvalue weighted by atomic mass is 16.1. The highest BCUT2D eigenvalue weighted by molar-refractivity contribution is 5.91. The predicted octanol–water partition coefficient (Wildman–Crippen LogP) is 3.62. The van der Waals surface area contributed by atoms with E-state index in [1.807, 2.05) is 12.1 Å². The Morgan fingerprint density at radius 2 is 1.76 bits per heavy atom. The summed E-state index contributed by atoms with van der Waals surface area (Å²) in [6.07, 6.45) is 3.30. The van der Waals surface area contributed by atoms with Gasteiger partial charge in [-0.15, -0.1) is 0 Å². The first-order chi connectivity index (χ1) is 9.93. The topological polar surface area (TPSA) is 52.9 Å². The minimum absolute atomic E-state index is 0.0781. The molecule has 0 aliphatic heterocycles. The van der Waals surface area contributed by atoms with E-state index in [0.29, 0.717) is 29.9 Å². The van der Waals surface area contributed by atoms with E-state index < -0.39 is 0 Å². The second-order valence-corrected chi connectivity index (χ2v) is 5.96. The zero-order valence-electron chi connectivity index (χ0n) is 13.3. The van der Waals surface area contributed by atoms with Gasteiger partial charge in [-0.1, -0.05) is 39.8 Å². The standard InChI is InChI=1S/C18H24N2O/c1-13(2)17(14(3)4)12-20-18(21)10-9-15-5-7-16(11-19)8-6-15/h5-10,13-14,17H,12H2,1-4H3,(H,20,21)/b10-9+. The van der Waals surface area contributed by atoms with Crippen molar-refractivity contribution < 1.29 is 4.79 Å². The van der Waals surface area contributed by atoms with Gasteiger partial charge >= 0.3 is 0 Å². The molecule has 0 heterocycles. The lowest BCUT2D eigenvalue weighted by molar-refractivity contribution is -0.116. The Kier molecular flexibility index (Phi) is 6.68. The van der Waals surface area contributed by atoms with E-state index in [1.165, 1.54) is 0 Å². The van der Waals surface area contributed by atoms with Crippen LogP contribution >= 0.6 is 0 Å². The average Bonchev–Trinajstić information content (AvgIpc) is 2.45. The lowest BCUT2D eigenvalue weighted by Crippen LogP contribution is -2.32. The second kappa shape index (κ2) is 8.26. The molecule has 0 spiro atoms. The number of hydrogen-bond donors (Lipinski definition) is 1. The summed E-state index contributed by atoms with van der Waals surface area (Å²) in [4.78, 5) is 11.8. The molecule has 0 atom stereocenters. The van der Waals surface area contributed by atoms with Crippen molar-refractivity contribution in [3.63, 3.8) is 0 Å². The van der Waals surface area contributed by atoms with Crippen LogP contribution in [0.25, 0.3) is 6.08 Å². The fourth-order valence-corrected chi connectivity index (χ4v) is 2.36. The molecule has 0 aliphatic rings. The van der Waals surface area contributed by atoms with Crippen LogP contribution in [-0.4, -0.2) is 12.5 Å². The number of nitrogens with zero attached hydrogens (tertiary/aromatic N) is 1. The summed E-state index contributed by atoms with van der Waals surface area (Å²) in [5.41, 5.74) is 1.53. The van der Waals surface area contributed by atoms with Gasteiger partial charge in [0.05, 0.1) is 11.6 Å². The molecule has 0 fully saturated rings. The lowest BCUT2D eigenvalue weighted by atomic mass is 9.85. The number of carbonyl (C=O) groups excluding carboxylic acids is 1. The molecule has 0 aromatic heterocycles. The van der Waals surface area contributed by atoms with Crippen molar-refractivity contribution in [2.24, 2.45) is 17.8 Å². The van der Waals surface area contributed by atoms with Crippen molar-refractivity contribution in [3.8, 4) is 6.07 Å². The van der Waals surface area contributed by atoms with Crippen molar-refractivity contribution in [1.82, 2.24) is 5.32 Å². The summed E-state index contributed by atoms with van der Waals surface area (Å²) >= 11 is 0. The molecular weight excluding hydrogens is 260 g/mol. The van der Waals surface area contributed by atoms with E-state index in [-0.39, 0.29) is 5.91 Å². The SMILES string of the molecule is CC(C)C(CNC(=O)/C=C/c1ccc(C#N)cc1)C(C)C. The predicted molar refractivity (Wildman–Crippen MR) is 86.4 cm³/mol. The van der Waals surface area contributed by atoms with Gasteiger partial charge in [0, 0.05) is 12.6 Å². The highest BCUT2D eigenvalue weighted by Crippen LogP contribution is 2.19. The minimum Gasteiger partial charge on any atom is -0.352 e. The molecule has 1 amide bonds. The number of carbonyl (C=O) groups is 1.